The Kier molecular flexibility index (Phi) is 6.51. The maximum absolute atomic E-state index is 14.2. The van der Waals surface area contributed by atoms with Gasteiger partial charge in [-0.15, -0.1) is 0 Å². The summed E-state index contributed by atoms with van der Waals surface area (Å²) in [5.74, 6) is -0.817. The second-order valence-electron chi connectivity index (χ2n) is 8.49. The fourth-order valence-corrected chi connectivity index (χ4v) is 5.08. The minimum atomic E-state index is -3.70. The molecular weight excluding hydrogens is 439 g/mol. The van der Waals surface area contributed by atoms with Crippen LogP contribution in [0.2, 0.25) is 0 Å². The predicted molar refractivity (Wildman–Crippen MR) is 128 cm³/mol. The highest BCUT2D eigenvalue weighted by molar-refractivity contribution is 7.92. The number of sulfonamides is 1. The van der Waals surface area contributed by atoms with Crippen LogP contribution in [0.15, 0.2) is 66.7 Å². The van der Waals surface area contributed by atoms with E-state index in [-0.39, 0.29) is 24.2 Å². The Morgan fingerprint density at radius 3 is 2.42 bits per heavy atom. The molecular formula is C26H27FN2O3S. The first-order valence-corrected chi connectivity index (χ1v) is 12.8. The van der Waals surface area contributed by atoms with Crippen molar-refractivity contribution in [1.82, 2.24) is 5.32 Å². The first-order valence-electron chi connectivity index (χ1n) is 11.0. The number of hydrogen-bond acceptors (Lipinski definition) is 3. The number of nitrogens with zero attached hydrogens (tertiary/aromatic N) is 1. The molecule has 1 amide bonds. The van der Waals surface area contributed by atoms with Gasteiger partial charge in [-0.1, -0.05) is 42.5 Å². The minimum Gasteiger partial charge on any atom is -0.346 e. The van der Waals surface area contributed by atoms with Crippen LogP contribution in [0.4, 0.5) is 10.1 Å². The number of para-hydroxylation sites is 1. The number of anilines is 1. The van der Waals surface area contributed by atoms with Crippen molar-refractivity contribution in [3.8, 4) is 0 Å². The van der Waals surface area contributed by atoms with Crippen molar-refractivity contribution in [2.24, 2.45) is 0 Å². The molecule has 3 aromatic rings. The molecule has 0 heterocycles. The molecule has 0 unspecified atom stereocenters. The Morgan fingerprint density at radius 1 is 1.03 bits per heavy atom. The summed E-state index contributed by atoms with van der Waals surface area (Å²) in [6.07, 6.45) is 4.43. The van der Waals surface area contributed by atoms with Crippen LogP contribution < -0.4 is 9.62 Å². The topological polar surface area (TPSA) is 66.5 Å². The van der Waals surface area contributed by atoms with E-state index in [1.807, 2.05) is 6.92 Å². The van der Waals surface area contributed by atoms with Crippen LogP contribution in [0.25, 0.3) is 0 Å². The van der Waals surface area contributed by atoms with Gasteiger partial charge < -0.3 is 5.32 Å². The maximum atomic E-state index is 14.2. The van der Waals surface area contributed by atoms with E-state index in [1.165, 1.54) is 35.7 Å². The van der Waals surface area contributed by atoms with Gasteiger partial charge in [0.15, 0.2) is 0 Å². The van der Waals surface area contributed by atoms with Crippen LogP contribution in [-0.2, 0) is 29.4 Å². The number of nitrogens with one attached hydrogen (secondary N) is 1. The Bertz CT molecular complexity index is 1270. The molecule has 0 aromatic heterocycles. The zero-order valence-corrected chi connectivity index (χ0v) is 19.5. The molecule has 1 atom stereocenters. The number of carbonyl (C=O) groups is 1. The van der Waals surface area contributed by atoms with Gasteiger partial charge in [0.05, 0.1) is 24.5 Å². The zero-order chi connectivity index (χ0) is 23.6. The van der Waals surface area contributed by atoms with Gasteiger partial charge in [-0.3, -0.25) is 9.10 Å². The van der Waals surface area contributed by atoms with Gasteiger partial charge in [-0.2, -0.15) is 0 Å². The average Bonchev–Trinajstić information content (AvgIpc) is 3.25. The third-order valence-electron chi connectivity index (χ3n) is 6.03. The second kappa shape index (κ2) is 9.35. The van der Waals surface area contributed by atoms with Crippen molar-refractivity contribution in [2.75, 3.05) is 10.6 Å². The number of carbonyl (C=O) groups excluding carboxylic acids is 1. The van der Waals surface area contributed by atoms with Crippen molar-refractivity contribution in [3.05, 3.63) is 100 Å². The van der Waals surface area contributed by atoms with Gasteiger partial charge in [-0.25, -0.2) is 12.8 Å². The molecule has 0 aliphatic heterocycles. The number of aryl methyl sites for hydroxylation is 2. The molecule has 1 aliphatic rings. The van der Waals surface area contributed by atoms with Crippen molar-refractivity contribution in [3.63, 3.8) is 0 Å². The molecule has 7 heteroatoms. The van der Waals surface area contributed by atoms with Gasteiger partial charge in [0.2, 0.25) is 10.0 Å². The summed E-state index contributed by atoms with van der Waals surface area (Å²) >= 11 is 0. The molecule has 0 saturated carbocycles. The van der Waals surface area contributed by atoms with E-state index in [0.29, 0.717) is 11.1 Å². The lowest BCUT2D eigenvalue weighted by Crippen LogP contribution is -2.30. The van der Waals surface area contributed by atoms with E-state index < -0.39 is 15.8 Å². The summed E-state index contributed by atoms with van der Waals surface area (Å²) in [5.41, 5.74) is 4.95. The SMILES string of the molecule is C[C@H](NC(=O)c1ccc(CN(c2ccccc2F)S(C)(=O)=O)cc1)c1ccc2c(c1)CCC2. The highest BCUT2D eigenvalue weighted by Crippen LogP contribution is 2.26. The summed E-state index contributed by atoms with van der Waals surface area (Å²) in [6.45, 7) is 1.93. The third kappa shape index (κ3) is 5.25. The van der Waals surface area contributed by atoms with E-state index in [2.05, 4.69) is 23.5 Å². The first-order chi connectivity index (χ1) is 15.7. The van der Waals surface area contributed by atoms with Gasteiger partial charge in [0, 0.05) is 5.56 Å². The number of halogens is 1. The van der Waals surface area contributed by atoms with Crippen LogP contribution >= 0.6 is 0 Å². The molecule has 5 nitrogen and oxygen atoms in total. The summed E-state index contributed by atoms with van der Waals surface area (Å²) in [7, 11) is -3.70. The lowest BCUT2D eigenvalue weighted by Gasteiger charge is -2.23. The molecule has 33 heavy (non-hydrogen) atoms. The predicted octanol–water partition coefficient (Wildman–Crippen LogP) is 4.77. The molecule has 0 fully saturated rings. The van der Waals surface area contributed by atoms with Crippen LogP contribution in [0.3, 0.4) is 0 Å². The lowest BCUT2D eigenvalue weighted by molar-refractivity contribution is 0.0940. The lowest BCUT2D eigenvalue weighted by atomic mass is 10.0. The van der Waals surface area contributed by atoms with Crippen LogP contribution in [0, 0.1) is 5.82 Å². The smallest absolute Gasteiger partial charge is 0.251 e. The van der Waals surface area contributed by atoms with Crippen LogP contribution in [0.5, 0.6) is 0 Å². The van der Waals surface area contributed by atoms with E-state index in [4.69, 9.17) is 0 Å². The summed E-state index contributed by atoms with van der Waals surface area (Å²) in [4.78, 5) is 12.8. The minimum absolute atomic E-state index is 0.00927. The van der Waals surface area contributed by atoms with Crippen molar-refractivity contribution < 1.29 is 17.6 Å². The fraction of sp³-hybridized carbons (Fsp3) is 0.269. The van der Waals surface area contributed by atoms with Gasteiger partial charge in [0.1, 0.15) is 5.82 Å². The molecule has 172 valence electrons. The Labute approximate surface area is 194 Å². The quantitative estimate of drug-likeness (QED) is 0.545. The maximum Gasteiger partial charge on any atom is 0.251 e. The Balaban J connectivity index is 1.46. The van der Waals surface area contributed by atoms with Gasteiger partial charge in [0.25, 0.3) is 5.91 Å². The van der Waals surface area contributed by atoms with Crippen LogP contribution in [-0.4, -0.2) is 20.6 Å². The average molecular weight is 467 g/mol. The van der Waals surface area contributed by atoms with E-state index in [0.717, 1.165) is 29.0 Å². The molecule has 3 aromatic carbocycles. The Morgan fingerprint density at radius 2 is 1.73 bits per heavy atom. The monoisotopic (exact) mass is 466 g/mol. The fourth-order valence-electron chi connectivity index (χ4n) is 4.19. The molecule has 1 aliphatic carbocycles. The highest BCUT2D eigenvalue weighted by Gasteiger charge is 2.21. The van der Waals surface area contributed by atoms with Gasteiger partial charge >= 0.3 is 0 Å². The van der Waals surface area contributed by atoms with Crippen molar-refractivity contribution in [2.45, 2.75) is 38.8 Å². The molecule has 0 radical (unpaired) electrons. The van der Waals surface area contributed by atoms with E-state index in [1.54, 1.807) is 30.3 Å². The number of rotatable bonds is 7. The van der Waals surface area contributed by atoms with E-state index in [9.17, 15) is 17.6 Å². The van der Waals surface area contributed by atoms with Gasteiger partial charge in [-0.05, 0) is 72.7 Å². The summed E-state index contributed by atoms with van der Waals surface area (Å²) in [5, 5.41) is 3.03. The molecule has 1 N–H and O–H groups in total. The number of amides is 1. The number of fused-ring (bicyclic) bond motifs is 1. The largest absolute Gasteiger partial charge is 0.346 e. The molecule has 0 bridgehead atoms. The molecule has 4 rings (SSSR count). The number of benzene rings is 3. The van der Waals surface area contributed by atoms with Crippen molar-refractivity contribution >= 4 is 21.6 Å². The van der Waals surface area contributed by atoms with Crippen LogP contribution in [0.1, 0.15) is 52.0 Å². The number of hydrogen-bond donors (Lipinski definition) is 1. The normalized spacial score (nSPS) is 13.9. The zero-order valence-electron chi connectivity index (χ0n) is 18.7. The summed E-state index contributed by atoms with van der Waals surface area (Å²) < 4.78 is 39.8. The summed E-state index contributed by atoms with van der Waals surface area (Å²) in [6, 6.07) is 18.7. The standard InChI is InChI=1S/C26H27FN2O3S/c1-18(22-15-14-20-6-5-7-23(20)16-22)28-26(30)21-12-10-19(11-13-21)17-29(33(2,31)32)25-9-4-3-8-24(25)27/h3-4,8-16,18H,5-7,17H2,1-2H3,(H,28,30)/t18-/m0/s1. The third-order valence-corrected chi connectivity index (χ3v) is 7.16. The Hall–Kier alpha value is -3.19. The van der Waals surface area contributed by atoms with Crippen molar-refractivity contribution in [1.29, 1.82) is 0 Å². The molecule has 0 saturated heterocycles. The highest BCUT2D eigenvalue weighted by atomic mass is 32.2. The van der Waals surface area contributed by atoms with E-state index >= 15 is 0 Å². The molecule has 0 spiro atoms. The second-order valence-corrected chi connectivity index (χ2v) is 10.4. The first kappa shape index (κ1) is 23.0.